The van der Waals surface area contributed by atoms with Crippen LogP contribution >= 0.6 is 0 Å². The molecule has 0 unspecified atom stereocenters. The summed E-state index contributed by atoms with van der Waals surface area (Å²) in [6, 6.07) is 10.9. The number of pyridine rings is 1. The number of benzene rings is 1. The molecular formula is C20H20F3N5O5S. The van der Waals surface area contributed by atoms with Gasteiger partial charge in [0.25, 0.3) is 10.1 Å². The summed E-state index contributed by atoms with van der Waals surface area (Å²) < 4.78 is 70.0. The molecule has 1 saturated carbocycles. The Hall–Kier alpha value is -3.65. The number of aromatic nitrogens is 2. The summed E-state index contributed by atoms with van der Waals surface area (Å²) in [5.74, 6) is 0.0434. The lowest BCUT2D eigenvalue weighted by Gasteiger charge is -2.14. The number of nitrogens with zero attached hydrogens (tertiary/aromatic N) is 2. The number of nitrogens with two attached hydrogens (primary N) is 1. The zero-order valence-corrected chi connectivity index (χ0v) is 18.4. The van der Waals surface area contributed by atoms with Crippen molar-refractivity contribution in [3.05, 3.63) is 54.4 Å². The second-order valence-corrected chi connectivity index (χ2v) is 8.98. The highest BCUT2D eigenvalue weighted by atomic mass is 32.2. The number of carbonyl (C=O) groups excluding carboxylic acids is 1. The van der Waals surface area contributed by atoms with Gasteiger partial charge in [-0.25, -0.2) is 9.78 Å². The summed E-state index contributed by atoms with van der Waals surface area (Å²) in [6.07, 6.45) is -2.15. The average Bonchev–Trinajstić information content (AvgIpc) is 3.42. The van der Waals surface area contributed by atoms with Crippen molar-refractivity contribution >= 4 is 33.5 Å². The highest BCUT2D eigenvalue weighted by molar-refractivity contribution is 7.85. The first-order chi connectivity index (χ1) is 15.8. The van der Waals surface area contributed by atoms with E-state index in [1.54, 1.807) is 36.5 Å². The van der Waals surface area contributed by atoms with E-state index in [1.165, 1.54) is 0 Å². The SMILES string of the molecule is CS(=O)(=O)O.Nc1ccc(-c2ccc(NC(=O)Nc3cc(C4(C(F)(F)F)CC4)on3)cc2)cn1. The lowest BCUT2D eigenvalue weighted by Crippen LogP contribution is -2.28. The van der Waals surface area contributed by atoms with Crippen LogP contribution in [0.5, 0.6) is 0 Å². The molecule has 0 bridgehead atoms. The van der Waals surface area contributed by atoms with Crippen LogP contribution in [0.2, 0.25) is 0 Å². The van der Waals surface area contributed by atoms with E-state index in [-0.39, 0.29) is 24.4 Å². The quantitative estimate of drug-likeness (QED) is 0.391. The first-order valence-electron chi connectivity index (χ1n) is 9.63. The van der Waals surface area contributed by atoms with Crippen LogP contribution in [0.25, 0.3) is 11.1 Å². The molecule has 1 aliphatic carbocycles. The Kier molecular flexibility index (Phi) is 6.84. The monoisotopic (exact) mass is 499 g/mol. The van der Waals surface area contributed by atoms with Crippen molar-refractivity contribution in [2.45, 2.75) is 24.4 Å². The largest absolute Gasteiger partial charge is 0.401 e. The van der Waals surface area contributed by atoms with E-state index in [2.05, 4.69) is 20.8 Å². The van der Waals surface area contributed by atoms with E-state index in [0.29, 0.717) is 17.8 Å². The molecule has 0 atom stereocenters. The minimum Gasteiger partial charge on any atom is -0.384 e. The van der Waals surface area contributed by atoms with Gasteiger partial charge >= 0.3 is 12.2 Å². The van der Waals surface area contributed by atoms with Crippen LogP contribution in [0.1, 0.15) is 18.6 Å². The Morgan fingerprint density at radius 3 is 2.21 bits per heavy atom. The number of urea groups is 1. The van der Waals surface area contributed by atoms with Gasteiger partial charge in [-0.15, -0.1) is 0 Å². The van der Waals surface area contributed by atoms with Gasteiger partial charge in [0.05, 0.1) is 6.26 Å². The first-order valence-corrected chi connectivity index (χ1v) is 11.5. The number of carbonyl (C=O) groups is 1. The van der Waals surface area contributed by atoms with Crippen LogP contribution in [0, 0.1) is 0 Å². The van der Waals surface area contributed by atoms with Crippen LogP contribution in [0.3, 0.4) is 0 Å². The molecule has 4 rings (SSSR count). The lowest BCUT2D eigenvalue weighted by atomic mass is 10.0. The van der Waals surface area contributed by atoms with E-state index in [4.69, 9.17) is 14.8 Å². The summed E-state index contributed by atoms with van der Waals surface area (Å²) in [6.45, 7) is 0. The molecule has 5 N–H and O–H groups in total. The number of hydrogen-bond donors (Lipinski definition) is 4. The highest BCUT2D eigenvalue weighted by Gasteiger charge is 2.66. The molecule has 0 spiro atoms. The molecule has 34 heavy (non-hydrogen) atoms. The molecule has 1 aliphatic rings. The summed E-state index contributed by atoms with van der Waals surface area (Å²) in [7, 11) is -3.67. The second kappa shape index (κ2) is 9.30. The van der Waals surface area contributed by atoms with Crippen molar-refractivity contribution in [3.8, 4) is 11.1 Å². The van der Waals surface area contributed by atoms with Crippen molar-refractivity contribution in [3.63, 3.8) is 0 Å². The van der Waals surface area contributed by atoms with Gasteiger partial charge in [-0.2, -0.15) is 21.6 Å². The number of amides is 2. The molecule has 14 heteroatoms. The fraction of sp³-hybridized carbons (Fsp3) is 0.250. The minimum absolute atomic E-state index is 0.0484. The number of hydrogen-bond acceptors (Lipinski definition) is 7. The minimum atomic E-state index is -4.41. The van der Waals surface area contributed by atoms with Gasteiger partial charge in [-0.3, -0.25) is 9.87 Å². The molecule has 182 valence electrons. The number of nitrogens with one attached hydrogen (secondary N) is 2. The molecule has 1 fully saturated rings. The fourth-order valence-electron chi connectivity index (χ4n) is 2.95. The van der Waals surface area contributed by atoms with Gasteiger partial charge in [0, 0.05) is 23.5 Å². The van der Waals surface area contributed by atoms with Crippen molar-refractivity contribution < 1.29 is 35.5 Å². The third-order valence-corrected chi connectivity index (χ3v) is 4.78. The molecule has 10 nitrogen and oxygen atoms in total. The third-order valence-electron chi connectivity index (χ3n) is 4.78. The van der Waals surface area contributed by atoms with Crippen molar-refractivity contribution in [1.82, 2.24) is 10.1 Å². The maximum absolute atomic E-state index is 13.1. The third kappa shape index (κ3) is 6.45. The van der Waals surface area contributed by atoms with Crippen molar-refractivity contribution in [1.29, 1.82) is 0 Å². The Balaban J connectivity index is 0.000000588. The van der Waals surface area contributed by atoms with Crippen LogP contribution in [-0.2, 0) is 15.5 Å². The Labute approximate surface area is 192 Å². The van der Waals surface area contributed by atoms with E-state index < -0.39 is 27.7 Å². The van der Waals surface area contributed by atoms with Crippen molar-refractivity contribution in [2.24, 2.45) is 0 Å². The predicted molar refractivity (Wildman–Crippen MR) is 118 cm³/mol. The molecule has 3 aromatic rings. The van der Waals surface area contributed by atoms with Crippen LogP contribution in [0.15, 0.2) is 53.2 Å². The van der Waals surface area contributed by atoms with E-state index >= 15 is 0 Å². The van der Waals surface area contributed by atoms with Crippen LogP contribution in [0.4, 0.5) is 35.3 Å². The van der Waals surface area contributed by atoms with Gasteiger partial charge in [0.2, 0.25) is 0 Å². The number of halogens is 3. The van der Waals surface area contributed by atoms with Gasteiger partial charge in [0.1, 0.15) is 11.2 Å². The predicted octanol–water partition coefficient (Wildman–Crippen LogP) is 4.06. The standard InChI is InChI=1S/C19H16F3N5O2.CH4O3S/c20-19(21,22)18(7-8-18)14-9-16(27-29-14)26-17(28)25-13-4-1-11(2-5-13)12-3-6-15(23)24-10-12;1-5(2,3)4/h1-6,9-10H,7-8H2,(H2,23,24)(H2,25,26,27,28);1H3,(H,2,3,4). The van der Waals surface area contributed by atoms with E-state index in [1.807, 2.05) is 6.07 Å². The van der Waals surface area contributed by atoms with Crippen LogP contribution in [-0.4, -0.2) is 41.6 Å². The summed E-state index contributed by atoms with van der Waals surface area (Å²) in [5.41, 5.74) is 5.82. The number of anilines is 3. The van der Waals surface area contributed by atoms with Gasteiger partial charge < -0.3 is 15.6 Å². The highest BCUT2D eigenvalue weighted by Crippen LogP contribution is 2.59. The second-order valence-electron chi connectivity index (χ2n) is 7.52. The van der Waals surface area contributed by atoms with E-state index in [9.17, 15) is 26.4 Å². The Bertz CT molecular complexity index is 1250. The Morgan fingerprint density at radius 1 is 1.12 bits per heavy atom. The summed E-state index contributed by atoms with van der Waals surface area (Å²) >= 11 is 0. The van der Waals surface area contributed by atoms with Gasteiger partial charge in [-0.1, -0.05) is 17.3 Å². The zero-order valence-electron chi connectivity index (χ0n) is 17.6. The molecule has 0 aliphatic heterocycles. The number of nitrogen functional groups attached to an aromatic ring is 1. The topological polar surface area (TPSA) is 160 Å². The maximum atomic E-state index is 13.1. The van der Waals surface area contributed by atoms with Gasteiger partial charge in [0.15, 0.2) is 11.6 Å². The molecule has 2 amide bonds. The first kappa shape index (κ1) is 25.0. The van der Waals surface area contributed by atoms with Crippen LogP contribution < -0.4 is 16.4 Å². The normalized spacial score (nSPS) is 14.5. The molecule has 2 heterocycles. The zero-order chi connectivity index (χ0) is 25.1. The smallest absolute Gasteiger partial charge is 0.384 e. The molecule has 2 aromatic heterocycles. The lowest BCUT2D eigenvalue weighted by molar-refractivity contribution is -0.165. The average molecular weight is 499 g/mol. The number of alkyl halides is 3. The Morgan fingerprint density at radius 2 is 1.71 bits per heavy atom. The molecule has 0 saturated heterocycles. The maximum Gasteiger partial charge on any atom is 0.401 e. The van der Waals surface area contributed by atoms with Crippen molar-refractivity contribution in [2.75, 3.05) is 22.6 Å². The fourth-order valence-corrected chi connectivity index (χ4v) is 2.95. The van der Waals surface area contributed by atoms with E-state index in [0.717, 1.165) is 17.2 Å². The number of rotatable bonds is 4. The summed E-state index contributed by atoms with van der Waals surface area (Å²) in [4.78, 5) is 16.1. The molecule has 1 aromatic carbocycles. The van der Waals surface area contributed by atoms with Gasteiger partial charge in [-0.05, 0) is 42.7 Å². The molecular weight excluding hydrogens is 479 g/mol. The molecule has 0 radical (unpaired) electrons. The summed E-state index contributed by atoms with van der Waals surface area (Å²) in [5, 5.41) is 8.47.